The molecule has 0 saturated heterocycles. The molecule has 0 radical (unpaired) electrons. The first-order valence-corrected chi connectivity index (χ1v) is 8.53. The number of aliphatic hydroxyl groups excluding tert-OH is 1. The summed E-state index contributed by atoms with van der Waals surface area (Å²) in [6.45, 7) is -0.190. The number of halogens is 5. The van der Waals surface area contributed by atoms with Crippen LogP contribution in [-0.4, -0.2) is 16.0 Å². The second-order valence-corrected chi connectivity index (χ2v) is 6.63. The fraction of sp³-hybridized carbons (Fsp3) is 0.333. The Morgan fingerprint density at radius 1 is 1.26 bits per heavy atom. The van der Waals surface area contributed by atoms with Gasteiger partial charge in [0.1, 0.15) is 0 Å². The van der Waals surface area contributed by atoms with Crippen LogP contribution >= 0.6 is 11.6 Å². The number of hydrogen-bond donors (Lipinski definition) is 2. The summed E-state index contributed by atoms with van der Waals surface area (Å²) in [6.07, 6.45) is -5.02. The SMILES string of the molecule is O=C(NCc1cccc(C(F)(F)F)c1Cl)C1CCC(O)c2nc(F)ccc21. The number of alkyl halides is 3. The first kappa shape index (κ1) is 19.6. The van der Waals surface area contributed by atoms with Crippen LogP contribution in [0, 0.1) is 5.95 Å². The Hall–Kier alpha value is -2.19. The quantitative estimate of drug-likeness (QED) is 0.599. The molecule has 2 atom stereocenters. The lowest BCUT2D eigenvalue weighted by atomic mass is 9.83. The highest BCUT2D eigenvalue weighted by molar-refractivity contribution is 6.32. The summed E-state index contributed by atoms with van der Waals surface area (Å²) in [5, 5.41) is 12.1. The van der Waals surface area contributed by atoms with E-state index in [2.05, 4.69) is 10.3 Å². The second kappa shape index (κ2) is 7.44. The van der Waals surface area contributed by atoms with E-state index in [1.807, 2.05) is 0 Å². The minimum absolute atomic E-state index is 0.110. The highest BCUT2D eigenvalue weighted by Crippen LogP contribution is 2.38. The third kappa shape index (κ3) is 4.06. The van der Waals surface area contributed by atoms with Crippen molar-refractivity contribution in [1.29, 1.82) is 0 Å². The van der Waals surface area contributed by atoms with Crippen molar-refractivity contribution >= 4 is 17.5 Å². The maximum atomic E-state index is 13.3. The van der Waals surface area contributed by atoms with Gasteiger partial charge in [0.25, 0.3) is 0 Å². The van der Waals surface area contributed by atoms with Crippen LogP contribution in [0.15, 0.2) is 30.3 Å². The zero-order valence-electron chi connectivity index (χ0n) is 13.9. The molecule has 1 aliphatic rings. The van der Waals surface area contributed by atoms with Crippen LogP contribution in [0.2, 0.25) is 5.02 Å². The molecule has 9 heteroatoms. The maximum Gasteiger partial charge on any atom is 0.417 e. The Labute approximate surface area is 157 Å². The molecule has 0 fully saturated rings. The number of benzene rings is 1. The van der Waals surface area contributed by atoms with Gasteiger partial charge in [-0.05, 0) is 36.1 Å². The molecule has 1 amide bonds. The van der Waals surface area contributed by atoms with E-state index >= 15 is 0 Å². The topological polar surface area (TPSA) is 62.2 Å². The van der Waals surface area contributed by atoms with E-state index in [4.69, 9.17) is 11.6 Å². The number of carbonyl (C=O) groups excluding carboxylic acids is 1. The molecule has 0 saturated carbocycles. The van der Waals surface area contributed by atoms with Gasteiger partial charge in [-0.3, -0.25) is 4.79 Å². The van der Waals surface area contributed by atoms with Gasteiger partial charge in [0.2, 0.25) is 11.9 Å². The van der Waals surface area contributed by atoms with Crippen LogP contribution in [0.25, 0.3) is 0 Å². The number of hydrogen-bond acceptors (Lipinski definition) is 3. The highest BCUT2D eigenvalue weighted by Gasteiger charge is 2.34. The Kier molecular flexibility index (Phi) is 5.39. The predicted octanol–water partition coefficient (Wildman–Crippen LogP) is 4.12. The summed E-state index contributed by atoms with van der Waals surface area (Å²) in [6, 6.07) is 5.97. The molecular formula is C18H15ClF4N2O2. The maximum absolute atomic E-state index is 13.3. The normalized spacial score (nSPS) is 19.5. The van der Waals surface area contributed by atoms with E-state index in [0.29, 0.717) is 12.0 Å². The third-order valence-corrected chi connectivity index (χ3v) is 4.94. The molecule has 27 heavy (non-hydrogen) atoms. The van der Waals surface area contributed by atoms with E-state index < -0.39 is 40.6 Å². The Balaban J connectivity index is 1.77. The van der Waals surface area contributed by atoms with Crippen LogP contribution in [0.3, 0.4) is 0 Å². The summed E-state index contributed by atoms with van der Waals surface area (Å²) in [7, 11) is 0. The predicted molar refractivity (Wildman–Crippen MR) is 89.4 cm³/mol. The van der Waals surface area contributed by atoms with Gasteiger partial charge in [0.05, 0.1) is 28.3 Å². The number of aliphatic hydroxyl groups is 1. The summed E-state index contributed by atoms with van der Waals surface area (Å²) < 4.78 is 52.1. The van der Waals surface area contributed by atoms with Gasteiger partial charge in [-0.15, -0.1) is 0 Å². The number of nitrogens with one attached hydrogen (secondary N) is 1. The minimum atomic E-state index is -4.59. The van der Waals surface area contributed by atoms with Crippen molar-refractivity contribution in [1.82, 2.24) is 10.3 Å². The fourth-order valence-corrected chi connectivity index (χ4v) is 3.45. The van der Waals surface area contributed by atoms with E-state index in [0.717, 1.165) is 12.1 Å². The van der Waals surface area contributed by atoms with Crippen LogP contribution in [0.5, 0.6) is 0 Å². The van der Waals surface area contributed by atoms with E-state index in [1.54, 1.807) is 0 Å². The zero-order chi connectivity index (χ0) is 19.8. The van der Waals surface area contributed by atoms with Gasteiger partial charge in [-0.25, -0.2) is 4.98 Å². The number of pyridine rings is 1. The molecule has 3 rings (SSSR count). The van der Waals surface area contributed by atoms with Crippen LogP contribution in [0.1, 0.15) is 47.2 Å². The third-order valence-electron chi connectivity index (χ3n) is 4.50. The number of aromatic nitrogens is 1. The van der Waals surface area contributed by atoms with Crippen molar-refractivity contribution in [3.8, 4) is 0 Å². The van der Waals surface area contributed by atoms with Crippen molar-refractivity contribution in [3.63, 3.8) is 0 Å². The molecule has 2 aromatic rings. The van der Waals surface area contributed by atoms with Crippen molar-refractivity contribution in [2.24, 2.45) is 0 Å². The Bertz CT molecular complexity index is 873. The standard InChI is InChI=1S/C18H15ClF4N2O2/c19-15-9(2-1-3-12(15)18(21,22)23)8-24-17(27)11-4-6-13(26)16-10(11)5-7-14(20)25-16/h1-3,5,7,11,13,26H,4,6,8H2,(H,24,27). The largest absolute Gasteiger partial charge is 0.417 e. The second-order valence-electron chi connectivity index (χ2n) is 6.25. The molecule has 0 spiro atoms. The van der Waals surface area contributed by atoms with Gasteiger partial charge >= 0.3 is 6.18 Å². The summed E-state index contributed by atoms with van der Waals surface area (Å²) in [5.41, 5.74) is -0.323. The monoisotopic (exact) mass is 402 g/mol. The van der Waals surface area contributed by atoms with Crippen molar-refractivity contribution in [2.75, 3.05) is 0 Å². The Morgan fingerprint density at radius 2 is 2.00 bits per heavy atom. The van der Waals surface area contributed by atoms with Gasteiger partial charge in [-0.1, -0.05) is 29.8 Å². The summed E-state index contributed by atoms with van der Waals surface area (Å²) in [5.74, 6) is -1.89. The number of amides is 1. The van der Waals surface area contributed by atoms with E-state index in [1.165, 1.54) is 18.2 Å². The van der Waals surface area contributed by atoms with E-state index in [-0.39, 0.29) is 24.2 Å². The molecule has 144 valence electrons. The number of nitrogens with zero attached hydrogens (tertiary/aromatic N) is 1. The molecule has 1 heterocycles. The fourth-order valence-electron chi connectivity index (χ4n) is 3.15. The molecule has 0 bridgehead atoms. The number of fused-ring (bicyclic) bond motifs is 1. The lowest BCUT2D eigenvalue weighted by molar-refractivity contribution is -0.137. The molecule has 1 aliphatic carbocycles. The molecule has 2 N–H and O–H groups in total. The van der Waals surface area contributed by atoms with Gasteiger partial charge in [0, 0.05) is 6.54 Å². The summed E-state index contributed by atoms with van der Waals surface area (Å²) >= 11 is 5.82. The molecule has 2 unspecified atom stereocenters. The van der Waals surface area contributed by atoms with Gasteiger partial charge < -0.3 is 10.4 Å². The van der Waals surface area contributed by atoms with Crippen molar-refractivity contribution < 1.29 is 27.5 Å². The number of rotatable bonds is 3. The number of carbonyl (C=O) groups is 1. The first-order valence-electron chi connectivity index (χ1n) is 8.15. The van der Waals surface area contributed by atoms with Crippen LogP contribution in [0.4, 0.5) is 17.6 Å². The average Bonchev–Trinajstić information content (AvgIpc) is 2.60. The smallest absolute Gasteiger partial charge is 0.387 e. The van der Waals surface area contributed by atoms with Gasteiger partial charge in [-0.2, -0.15) is 17.6 Å². The first-order chi connectivity index (χ1) is 12.7. The average molecular weight is 403 g/mol. The van der Waals surface area contributed by atoms with Crippen LogP contribution < -0.4 is 5.32 Å². The Morgan fingerprint density at radius 3 is 2.70 bits per heavy atom. The molecular weight excluding hydrogens is 388 g/mol. The molecule has 1 aromatic heterocycles. The zero-order valence-corrected chi connectivity index (χ0v) is 14.6. The summed E-state index contributed by atoms with van der Waals surface area (Å²) in [4.78, 5) is 16.2. The van der Waals surface area contributed by atoms with Gasteiger partial charge in [0.15, 0.2) is 0 Å². The lowest BCUT2D eigenvalue weighted by Gasteiger charge is -2.27. The lowest BCUT2D eigenvalue weighted by Crippen LogP contribution is -2.32. The molecule has 4 nitrogen and oxygen atoms in total. The highest BCUT2D eigenvalue weighted by atomic mass is 35.5. The van der Waals surface area contributed by atoms with E-state index in [9.17, 15) is 27.5 Å². The van der Waals surface area contributed by atoms with Crippen molar-refractivity contribution in [3.05, 3.63) is 63.7 Å². The minimum Gasteiger partial charge on any atom is -0.387 e. The molecule has 0 aliphatic heterocycles. The van der Waals surface area contributed by atoms with Crippen LogP contribution in [-0.2, 0) is 17.5 Å². The van der Waals surface area contributed by atoms with Crippen molar-refractivity contribution in [2.45, 2.75) is 37.6 Å². The molecule has 1 aromatic carbocycles.